The summed E-state index contributed by atoms with van der Waals surface area (Å²) >= 11 is 5.64. The molecule has 6 heteroatoms. The van der Waals surface area contributed by atoms with Crippen LogP contribution < -0.4 is 10.1 Å². The van der Waals surface area contributed by atoms with Gasteiger partial charge in [-0.15, -0.1) is 0 Å². The second-order valence-corrected chi connectivity index (χ2v) is 5.24. The number of amides is 1. The number of carbonyl (C=O) groups excluding carboxylic acids is 2. The summed E-state index contributed by atoms with van der Waals surface area (Å²) in [5.74, 6) is -0.374. The van der Waals surface area contributed by atoms with Crippen LogP contribution in [0.15, 0.2) is 42.5 Å². The molecular formula is C17H15ClFNO3. The fraction of sp³-hybridized carbons (Fsp3) is 0.176. The molecule has 0 bridgehead atoms. The van der Waals surface area contributed by atoms with E-state index in [2.05, 4.69) is 5.32 Å². The molecule has 2 aromatic carbocycles. The van der Waals surface area contributed by atoms with Crippen molar-refractivity contribution in [1.29, 1.82) is 0 Å². The molecule has 0 spiro atoms. The van der Waals surface area contributed by atoms with Gasteiger partial charge in [0, 0.05) is 24.1 Å². The quantitative estimate of drug-likeness (QED) is 0.809. The second-order valence-electron chi connectivity index (χ2n) is 4.83. The van der Waals surface area contributed by atoms with Gasteiger partial charge in [-0.1, -0.05) is 11.6 Å². The molecule has 0 saturated heterocycles. The zero-order valence-electron chi connectivity index (χ0n) is 12.4. The molecule has 2 aromatic rings. The summed E-state index contributed by atoms with van der Waals surface area (Å²) in [5, 5.41) is 2.50. The first-order valence-electron chi connectivity index (χ1n) is 6.92. The Labute approximate surface area is 138 Å². The largest absolute Gasteiger partial charge is 0.497 e. The van der Waals surface area contributed by atoms with E-state index in [-0.39, 0.29) is 29.6 Å². The standard InChI is InChI=1S/C17H15ClFNO3/c1-23-13-5-2-11(3-6-13)16(21)8-9-17(22)20-12-4-7-15(19)14(18)10-12/h2-7,10H,8-9H2,1H3,(H,20,22). The van der Waals surface area contributed by atoms with Gasteiger partial charge in [0.05, 0.1) is 12.1 Å². The summed E-state index contributed by atoms with van der Waals surface area (Å²) in [4.78, 5) is 23.8. The molecule has 2 rings (SSSR count). The number of carbonyl (C=O) groups is 2. The fourth-order valence-electron chi connectivity index (χ4n) is 1.95. The summed E-state index contributed by atoms with van der Waals surface area (Å²) in [6, 6.07) is 10.6. The van der Waals surface area contributed by atoms with Gasteiger partial charge in [-0.05, 0) is 42.5 Å². The van der Waals surface area contributed by atoms with E-state index in [4.69, 9.17) is 16.3 Å². The number of ether oxygens (including phenoxy) is 1. The highest BCUT2D eigenvalue weighted by Crippen LogP contribution is 2.19. The predicted octanol–water partition coefficient (Wildman–Crippen LogP) is 4.09. The lowest BCUT2D eigenvalue weighted by Crippen LogP contribution is -2.13. The van der Waals surface area contributed by atoms with Crippen molar-refractivity contribution in [1.82, 2.24) is 0 Å². The summed E-state index contributed by atoms with van der Waals surface area (Å²) in [6.45, 7) is 0. The van der Waals surface area contributed by atoms with E-state index in [1.165, 1.54) is 18.2 Å². The first kappa shape index (κ1) is 17.0. The zero-order chi connectivity index (χ0) is 16.8. The number of rotatable bonds is 6. The molecule has 0 heterocycles. The molecule has 0 fully saturated rings. The van der Waals surface area contributed by atoms with Crippen LogP contribution in [0, 0.1) is 5.82 Å². The summed E-state index contributed by atoms with van der Waals surface area (Å²) in [7, 11) is 1.54. The molecule has 0 unspecified atom stereocenters. The molecule has 23 heavy (non-hydrogen) atoms. The van der Waals surface area contributed by atoms with E-state index < -0.39 is 5.82 Å². The smallest absolute Gasteiger partial charge is 0.224 e. The maximum atomic E-state index is 13.0. The van der Waals surface area contributed by atoms with Crippen molar-refractivity contribution in [3.8, 4) is 5.75 Å². The van der Waals surface area contributed by atoms with Crippen LogP contribution in [0.5, 0.6) is 5.75 Å². The molecule has 0 saturated carbocycles. The topological polar surface area (TPSA) is 55.4 Å². The SMILES string of the molecule is COc1ccc(C(=O)CCC(=O)Nc2ccc(F)c(Cl)c2)cc1. The average molecular weight is 336 g/mol. The summed E-state index contributed by atoms with van der Waals surface area (Å²) in [6.07, 6.45) is 0.104. The monoisotopic (exact) mass is 335 g/mol. The zero-order valence-corrected chi connectivity index (χ0v) is 13.2. The number of benzene rings is 2. The van der Waals surface area contributed by atoms with E-state index in [0.717, 1.165) is 0 Å². The Kier molecular flexibility index (Phi) is 5.71. The van der Waals surface area contributed by atoms with Crippen LogP contribution in [0.3, 0.4) is 0 Å². The fourth-order valence-corrected chi connectivity index (χ4v) is 2.13. The highest BCUT2D eigenvalue weighted by molar-refractivity contribution is 6.31. The first-order chi connectivity index (χ1) is 11.0. The van der Waals surface area contributed by atoms with Gasteiger partial charge in [0.2, 0.25) is 5.91 Å². The molecule has 0 aliphatic heterocycles. The van der Waals surface area contributed by atoms with Gasteiger partial charge < -0.3 is 10.1 Å². The molecule has 4 nitrogen and oxygen atoms in total. The number of hydrogen-bond acceptors (Lipinski definition) is 3. The van der Waals surface area contributed by atoms with E-state index >= 15 is 0 Å². The van der Waals surface area contributed by atoms with E-state index in [0.29, 0.717) is 17.0 Å². The minimum Gasteiger partial charge on any atom is -0.497 e. The number of nitrogens with one attached hydrogen (secondary N) is 1. The van der Waals surface area contributed by atoms with Crippen molar-refractivity contribution in [2.24, 2.45) is 0 Å². The third-order valence-electron chi connectivity index (χ3n) is 3.19. The Morgan fingerprint density at radius 1 is 1.13 bits per heavy atom. The number of methoxy groups -OCH3 is 1. The van der Waals surface area contributed by atoms with Crippen LogP contribution in [-0.2, 0) is 4.79 Å². The van der Waals surface area contributed by atoms with Crippen molar-refractivity contribution in [2.45, 2.75) is 12.8 Å². The van der Waals surface area contributed by atoms with Crippen molar-refractivity contribution in [2.75, 3.05) is 12.4 Å². The van der Waals surface area contributed by atoms with Crippen molar-refractivity contribution in [3.05, 3.63) is 58.9 Å². The van der Waals surface area contributed by atoms with Gasteiger partial charge in [-0.2, -0.15) is 0 Å². The third-order valence-corrected chi connectivity index (χ3v) is 3.48. The van der Waals surface area contributed by atoms with E-state index in [1.54, 1.807) is 31.4 Å². The number of hydrogen-bond donors (Lipinski definition) is 1. The van der Waals surface area contributed by atoms with Crippen LogP contribution in [0.1, 0.15) is 23.2 Å². The molecule has 1 N–H and O–H groups in total. The highest BCUT2D eigenvalue weighted by atomic mass is 35.5. The van der Waals surface area contributed by atoms with E-state index in [1.807, 2.05) is 0 Å². The van der Waals surface area contributed by atoms with Crippen LogP contribution in [-0.4, -0.2) is 18.8 Å². The summed E-state index contributed by atoms with van der Waals surface area (Å²) in [5.41, 5.74) is 0.904. The highest BCUT2D eigenvalue weighted by Gasteiger charge is 2.10. The predicted molar refractivity (Wildman–Crippen MR) is 86.6 cm³/mol. The van der Waals surface area contributed by atoms with Gasteiger partial charge in [-0.25, -0.2) is 4.39 Å². The minimum atomic E-state index is -0.556. The summed E-state index contributed by atoms with van der Waals surface area (Å²) < 4.78 is 18.1. The van der Waals surface area contributed by atoms with Gasteiger partial charge in [0.25, 0.3) is 0 Å². The normalized spacial score (nSPS) is 10.2. The Balaban J connectivity index is 1.87. The van der Waals surface area contributed by atoms with Gasteiger partial charge >= 0.3 is 0 Å². The van der Waals surface area contributed by atoms with Crippen LogP contribution in [0.4, 0.5) is 10.1 Å². The van der Waals surface area contributed by atoms with Crippen LogP contribution in [0.25, 0.3) is 0 Å². The molecule has 0 aliphatic rings. The molecule has 0 radical (unpaired) electrons. The first-order valence-corrected chi connectivity index (χ1v) is 7.29. The number of Topliss-reactive ketones (excluding diaryl/α,β-unsaturated/α-hetero) is 1. The molecular weight excluding hydrogens is 321 g/mol. The number of halogens is 2. The van der Waals surface area contributed by atoms with Crippen LogP contribution >= 0.6 is 11.6 Å². The Bertz CT molecular complexity index is 716. The maximum absolute atomic E-state index is 13.0. The van der Waals surface area contributed by atoms with E-state index in [9.17, 15) is 14.0 Å². The average Bonchev–Trinajstić information content (AvgIpc) is 2.56. The van der Waals surface area contributed by atoms with Gasteiger partial charge in [0.15, 0.2) is 5.78 Å². The lowest BCUT2D eigenvalue weighted by atomic mass is 10.1. The molecule has 0 atom stereocenters. The number of anilines is 1. The molecule has 120 valence electrons. The Morgan fingerprint density at radius 3 is 2.43 bits per heavy atom. The van der Waals surface area contributed by atoms with Crippen molar-refractivity contribution in [3.63, 3.8) is 0 Å². The van der Waals surface area contributed by atoms with Gasteiger partial charge in [0.1, 0.15) is 11.6 Å². The van der Waals surface area contributed by atoms with Crippen LogP contribution in [0.2, 0.25) is 5.02 Å². The maximum Gasteiger partial charge on any atom is 0.224 e. The Hall–Kier alpha value is -2.40. The second kappa shape index (κ2) is 7.74. The Morgan fingerprint density at radius 2 is 1.83 bits per heavy atom. The number of ketones is 1. The van der Waals surface area contributed by atoms with Gasteiger partial charge in [-0.3, -0.25) is 9.59 Å². The lowest BCUT2D eigenvalue weighted by molar-refractivity contribution is -0.116. The molecule has 0 aromatic heterocycles. The van der Waals surface area contributed by atoms with Crippen molar-refractivity contribution >= 4 is 29.0 Å². The third kappa shape index (κ3) is 4.79. The molecule has 1 amide bonds. The lowest BCUT2D eigenvalue weighted by Gasteiger charge is -2.06. The van der Waals surface area contributed by atoms with Crippen molar-refractivity contribution < 1.29 is 18.7 Å². The minimum absolute atomic E-state index is 0.0276. The molecule has 0 aliphatic carbocycles.